The van der Waals surface area contributed by atoms with Gasteiger partial charge in [-0.1, -0.05) is 30.0 Å². The molecule has 4 aromatic rings. The monoisotopic (exact) mass is 462 g/mol. The quantitative estimate of drug-likeness (QED) is 0.335. The van der Waals surface area contributed by atoms with Crippen molar-refractivity contribution in [2.24, 2.45) is 0 Å². The van der Waals surface area contributed by atoms with Crippen LogP contribution in [0.2, 0.25) is 0 Å². The number of anilines is 2. The van der Waals surface area contributed by atoms with Crippen LogP contribution in [0.3, 0.4) is 0 Å². The Hall–Kier alpha value is -3.63. The van der Waals surface area contributed by atoms with Gasteiger partial charge in [-0.2, -0.15) is 5.10 Å². The average molecular weight is 463 g/mol. The topological polar surface area (TPSA) is 105 Å². The number of hydrogen-bond acceptors (Lipinski definition) is 7. The van der Waals surface area contributed by atoms with E-state index in [9.17, 15) is 9.59 Å². The van der Waals surface area contributed by atoms with E-state index in [4.69, 9.17) is 4.74 Å². The molecule has 9 nitrogen and oxygen atoms in total. The number of hydrogen-bond donors (Lipinski definition) is 2. The average Bonchev–Trinajstić information content (AvgIpc) is 3.33. The van der Waals surface area contributed by atoms with Gasteiger partial charge < -0.3 is 15.0 Å². The summed E-state index contributed by atoms with van der Waals surface area (Å²) in [6.07, 6.45) is 1.46. The third-order valence-electron chi connectivity index (χ3n) is 5.33. The molecule has 168 valence electrons. The van der Waals surface area contributed by atoms with Crippen molar-refractivity contribution in [3.8, 4) is 5.69 Å². The van der Waals surface area contributed by atoms with Crippen molar-refractivity contribution in [1.29, 1.82) is 0 Å². The Morgan fingerprint density at radius 3 is 2.58 bits per heavy atom. The van der Waals surface area contributed by atoms with Gasteiger partial charge in [-0.15, -0.1) is 0 Å². The number of aromatic nitrogens is 4. The minimum absolute atomic E-state index is 0.101. The minimum atomic E-state index is -0.235. The van der Waals surface area contributed by atoms with E-state index in [1.165, 1.54) is 22.5 Å². The van der Waals surface area contributed by atoms with Gasteiger partial charge in [-0.25, -0.2) is 4.98 Å². The van der Waals surface area contributed by atoms with E-state index >= 15 is 0 Å². The van der Waals surface area contributed by atoms with E-state index in [1.54, 1.807) is 0 Å². The number of rotatable bonds is 6. The van der Waals surface area contributed by atoms with Crippen molar-refractivity contribution in [1.82, 2.24) is 19.7 Å². The third kappa shape index (κ3) is 4.62. The maximum absolute atomic E-state index is 13.0. The summed E-state index contributed by atoms with van der Waals surface area (Å²) in [5.41, 5.74) is 2.67. The van der Waals surface area contributed by atoms with Crippen LogP contribution in [-0.2, 0) is 9.53 Å². The normalized spacial score (nSPS) is 13.9. The van der Waals surface area contributed by atoms with Crippen molar-refractivity contribution in [2.75, 3.05) is 42.3 Å². The predicted octanol–water partition coefficient (Wildman–Crippen LogP) is 2.68. The molecular weight excluding hydrogens is 440 g/mol. The Morgan fingerprint density at radius 1 is 1.06 bits per heavy atom. The molecule has 0 atom stereocenters. The number of nitrogens with one attached hydrogen (secondary N) is 2. The number of carbonyl (C=O) groups excluding carboxylic acids is 1. The number of amides is 1. The van der Waals surface area contributed by atoms with Crippen molar-refractivity contribution in [3.05, 3.63) is 71.1 Å². The molecule has 33 heavy (non-hydrogen) atoms. The molecule has 10 heteroatoms. The third-order valence-corrected chi connectivity index (χ3v) is 6.26. The van der Waals surface area contributed by atoms with Gasteiger partial charge in [0.1, 0.15) is 5.39 Å². The molecule has 2 N–H and O–H groups in total. The van der Waals surface area contributed by atoms with Crippen LogP contribution in [0.1, 0.15) is 0 Å². The Morgan fingerprint density at radius 2 is 1.82 bits per heavy atom. The smallest absolute Gasteiger partial charge is 0.269 e. The Bertz CT molecular complexity index is 1310. The fourth-order valence-corrected chi connectivity index (χ4v) is 4.49. The van der Waals surface area contributed by atoms with Crippen LogP contribution in [-0.4, -0.2) is 57.7 Å². The molecule has 1 aliphatic rings. The summed E-state index contributed by atoms with van der Waals surface area (Å²) >= 11 is 1.20. The molecule has 1 saturated heterocycles. The fourth-order valence-electron chi connectivity index (χ4n) is 3.68. The highest BCUT2D eigenvalue weighted by molar-refractivity contribution is 7.99. The van der Waals surface area contributed by atoms with Crippen molar-refractivity contribution in [2.45, 2.75) is 5.16 Å². The zero-order valence-electron chi connectivity index (χ0n) is 17.7. The Kier molecular flexibility index (Phi) is 6.09. The van der Waals surface area contributed by atoms with E-state index in [-0.39, 0.29) is 17.2 Å². The van der Waals surface area contributed by atoms with Crippen LogP contribution in [0.4, 0.5) is 11.4 Å². The van der Waals surface area contributed by atoms with Gasteiger partial charge in [0, 0.05) is 24.5 Å². The molecule has 0 radical (unpaired) electrons. The Labute approximate surface area is 193 Å². The summed E-state index contributed by atoms with van der Waals surface area (Å²) in [5, 5.41) is 10.4. The fraction of sp³-hybridized carbons (Fsp3) is 0.217. The van der Waals surface area contributed by atoms with E-state index in [1.807, 2.05) is 54.6 Å². The highest BCUT2D eigenvalue weighted by Gasteiger charge is 2.16. The highest BCUT2D eigenvalue weighted by atomic mass is 32.2. The number of nitrogens with zero attached hydrogens (tertiary/aromatic N) is 4. The van der Waals surface area contributed by atoms with Crippen molar-refractivity contribution < 1.29 is 9.53 Å². The maximum atomic E-state index is 13.0. The number of morpholine rings is 1. The van der Waals surface area contributed by atoms with E-state index in [2.05, 4.69) is 25.4 Å². The van der Waals surface area contributed by atoms with Gasteiger partial charge in [-0.05, 0) is 36.4 Å². The predicted molar refractivity (Wildman–Crippen MR) is 128 cm³/mol. The number of carbonyl (C=O) groups is 1. The molecule has 0 bridgehead atoms. The van der Waals surface area contributed by atoms with E-state index in [0.29, 0.717) is 21.9 Å². The van der Waals surface area contributed by atoms with Gasteiger partial charge in [0.05, 0.1) is 30.9 Å². The first-order valence-electron chi connectivity index (χ1n) is 10.6. The van der Waals surface area contributed by atoms with Gasteiger partial charge in [0.2, 0.25) is 5.91 Å². The molecule has 3 heterocycles. The number of para-hydroxylation sites is 1. The summed E-state index contributed by atoms with van der Waals surface area (Å²) in [6.45, 7) is 3.17. The lowest BCUT2D eigenvalue weighted by atomic mass is 10.2. The number of H-pyrrole nitrogens is 1. The van der Waals surface area contributed by atoms with Crippen molar-refractivity contribution in [3.63, 3.8) is 0 Å². The number of ether oxygens (including phenoxy) is 1. The summed E-state index contributed by atoms with van der Waals surface area (Å²) < 4.78 is 6.90. The molecule has 0 unspecified atom stereocenters. The lowest BCUT2D eigenvalue weighted by molar-refractivity contribution is -0.113. The molecule has 5 rings (SSSR count). The Balaban J connectivity index is 1.30. The number of thioether (sulfide) groups is 1. The molecule has 1 fully saturated rings. The largest absolute Gasteiger partial charge is 0.378 e. The van der Waals surface area contributed by atoms with Crippen LogP contribution in [0.5, 0.6) is 0 Å². The number of fused-ring (bicyclic) bond motifs is 1. The van der Waals surface area contributed by atoms with Gasteiger partial charge in [0.25, 0.3) is 5.56 Å². The zero-order chi connectivity index (χ0) is 22.6. The van der Waals surface area contributed by atoms with E-state index < -0.39 is 0 Å². The van der Waals surface area contributed by atoms with Gasteiger partial charge in [-0.3, -0.25) is 19.3 Å². The summed E-state index contributed by atoms with van der Waals surface area (Å²) in [6, 6.07) is 17.0. The molecule has 0 aliphatic carbocycles. The standard InChI is InChI=1S/C23H22N6O3S/c30-20(25-16-6-8-17(9-7-16)28-10-12-32-13-11-28)15-33-23-26-21-19(14-24-27-21)22(31)29(23)18-4-2-1-3-5-18/h1-9,14H,10-13,15H2,(H,24,27)(H,25,30). The summed E-state index contributed by atoms with van der Waals surface area (Å²) in [4.78, 5) is 32.5. The second-order valence-electron chi connectivity index (χ2n) is 7.49. The second-order valence-corrected chi connectivity index (χ2v) is 8.43. The van der Waals surface area contributed by atoms with Crippen LogP contribution in [0.25, 0.3) is 16.7 Å². The van der Waals surface area contributed by atoms with Gasteiger partial charge in [0.15, 0.2) is 10.8 Å². The van der Waals surface area contributed by atoms with Crippen molar-refractivity contribution >= 4 is 40.1 Å². The zero-order valence-corrected chi connectivity index (χ0v) is 18.5. The SMILES string of the molecule is O=C(CSc1nc2[nH]ncc2c(=O)n1-c1ccccc1)Nc1ccc(N2CCOCC2)cc1. The molecule has 1 amide bonds. The molecule has 2 aromatic carbocycles. The first-order chi connectivity index (χ1) is 16.2. The molecular formula is C23H22N6O3S. The minimum Gasteiger partial charge on any atom is -0.378 e. The molecule has 2 aromatic heterocycles. The number of aromatic amines is 1. The second kappa shape index (κ2) is 9.47. The first-order valence-corrected chi connectivity index (χ1v) is 11.5. The highest BCUT2D eigenvalue weighted by Crippen LogP contribution is 2.22. The first kappa shape index (κ1) is 21.2. The van der Waals surface area contributed by atoms with Crippen LogP contribution >= 0.6 is 11.8 Å². The lowest BCUT2D eigenvalue weighted by Crippen LogP contribution is -2.36. The maximum Gasteiger partial charge on any atom is 0.269 e. The summed E-state index contributed by atoms with van der Waals surface area (Å²) in [7, 11) is 0. The lowest BCUT2D eigenvalue weighted by Gasteiger charge is -2.28. The molecule has 0 saturated carbocycles. The van der Waals surface area contributed by atoms with Crippen LogP contribution in [0.15, 0.2) is 70.7 Å². The van der Waals surface area contributed by atoms with Crippen LogP contribution in [0, 0.1) is 0 Å². The van der Waals surface area contributed by atoms with Crippen LogP contribution < -0.4 is 15.8 Å². The summed E-state index contributed by atoms with van der Waals surface area (Å²) in [5.74, 6) is -0.0814. The molecule has 1 aliphatic heterocycles. The van der Waals surface area contributed by atoms with E-state index in [0.717, 1.165) is 37.7 Å². The number of benzene rings is 2. The molecule has 0 spiro atoms. The van der Waals surface area contributed by atoms with Gasteiger partial charge >= 0.3 is 0 Å².